The van der Waals surface area contributed by atoms with Gasteiger partial charge in [0.25, 0.3) is 0 Å². The Morgan fingerprint density at radius 1 is 1.16 bits per heavy atom. The number of hydrogen-bond acceptors (Lipinski definition) is 7. The number of halogens is 2. The molecule has 0 bridgehead atoms. The van der Waals surface area contributed by atoms with Crippen LogP contribution in [0.5, 0.6) is 17.2 Å². The summed E-state index contributed by atoms with van der Waals surface area (Å²) in [6.07, 6.45) is 1.65. The highest BCUT2D eigenvalue weighted by Crippen LogP contribution is 2.40. The zero-order valence-electron chi connectivity index (χ0n) is 16.7. The molecule has 1 heterocycles. The Morgan fingerprint density at radius 2 is 1.84 bits per heavy atom. The first-order valence-corrected chi connectivity index (χ1v) is 10.5. The maximum atomic E-state index is 11.4. The van der Waals surface area contributed by atoms with Crippen LogP contribution in [0.15, 0.2) is 35.7 Å². The van der Waals surface area contributed by atoms with E-state index in [0.717, 1.165) is 5.56 Å². The van der Waals surface area contributed by atoms with Gasteiger partial charge in [-0.3, -0.25) is 4.79 Å². The van der Waals surface area contributed by atoms with E-state index in [1.165, 1.54) is 32.5 Å². The summed E-state index contributed by atoms with van der Waals surface area (Å²) >= 11 is 13.5. The molecule has 2 aromatic carbocycles. The monoisotopic (exact) mass is 474 g/mol. The second-order valence-corrected chi connectivity index (χ2v) is 7.88. The molecule has 0 spiro atoms. The predicted octanol–water partition coefficient (Wildman–Crippen LogP) is 6.12. The lowest BCUT2D eigenvalue weighted by Crippen LogP contribution is -2.05. The van der Waals surface area contributed by atoms with Crippen LogP contribution in [-0.4, -0.2) is 25.2 Å². The summed E-state index contributed by atoms with van der Waals surface area (Å²) in [6.45, 7) is 1.29. The van der Waals surface area contributed by atoms with Crippen molar-refractivity contribution in [2.45, 2.75) is 6.92 Å². The summed E-state index contributed by atoms with van der Waals surface area (Å²) < 4.78 is 15.8. The Bertz CT molecular complexity index is 1190. The van der Waals surface area contributed by atoms with Crippen molar-refractivity contribution in [1.29, 1.82) is 5.26 Å². The minimum Gasteiger partial charge on any atom is -0.493 e. The lowest BCUT2D eigenvalue weighted by Gasteiger charge is -2.13. The molecule has 158 valence electrons. The summed E-state index contributed by atoms with van der Waals surface area (Å²) in [5, 5.41) is 13.1. The maximum Gasteiger partial charge on any atom is 0.308 e. The Hall–Kier alpha value is -3.05. The van der Waals surface area contributed by atoms with Gasteiger partial charge in [-0.25, -0.2) is 4.98 Å². The number of carbonyl (C=O) groups excluding carboxylic acids is 1. The van der Waals surface area contributed by atoms with E-state index < -0.39 is 5.97 Å². The quantitative estimate of drug-likeness (QED) is 0.243. The Kier molecular flexibility index (Phi) is 7.18. The third-order valence-corrected chi connectivity index (χ3v) is 5.53. The molecule has 0 aliphatic carbocycles. The lowest BCUT2D eigenvalue weighted by molar-refractivity contribution is -0.132. The highest BCUT2D eigenvalue weighted by molar-refractivity contribution is 7.11. The van der Waals surface area contributed by atoms with Crippen molar-refractivity contribution in [2.24, 2.45) is 0 Å². The van der Waals surface area contributed by atoms with Crippen LogP contribution >= 0.6 is 34.5 Å². The third kappa shape index (κ3) is 5.17. The van der Waals surface area contributed by atoms with Crippen molar-refractivity contribution in [2.75, 3.05) is 14.2 Å². The summed E-state index contributed by atoms with van der Waals surface area (Å²) in [7, 11) is 2.90. The average Bonchev–Trinajstić information content (AvgIpc) is 3.21. The molecule has 9 heteroatoms. The first-order chi connectivity index (χ1) is 14.9. The van der Waals surface area contributed by atoms with Gasteiger partial charge in [-0.15, -0.1) is 11.3 Å². The van der Waals surface area contributed by atoms with E-state index in [1.807, 2.05) is 5.38 Å². The van der Waals surface area contributed by atoms with Crippen molar-refractivity contribution in [1.82, 2.24) is 4.98 Å². The molecule has 6 nitrogen and oxygen atoms in total. The fraction of sp³-hybridized carbons (Fsp3) is 0.136. The SMILES string of the molecule is COc1cc(C=C(C#N)c2nc(-c3ccc(Cl)cc3Cl)cs2)cc(OC)c1OC(C)=O. The molecule has 1 aromatic heterocycles. The van der Waals surface area contributed by atoms with Crippen molar-refractivity contribution in [3.05, 3.63) is 56.3 Å². The van der Waals surface area contributed by atoms with E-state index >= 15 is 0 Å². The number of carbonyl (C=O) groups is 1. The van der Waals surface area contributed by atoms with Crippen LogP contribution in [0.1, 0.15) is 17.5 Å². The second kappa shape index (κ2) is 9.84. The number of rotatable bonds is 6. The normalized spacial score (nSPS) is 11.0. The summed E-state index contributed by atoms with van der Waals surface area (Å²) in [6, 6.07) is 10.6. The zero-order valence-corrected chi connectivity index (χ0v) is 19.1. The van der Waals surface area contributed by atoms with Gasteiger partial charge < -0.3 is 14.2 Å². The molecule has 0 aliphatic rings. The molecule has 0 saturated carbocycles. The first kappa shape index (κ1) is 22.6. The van der Waals surface area contributed by atoms with Gasteiger partial charge in [0.1, 0.15) is 11.1 Å². The Labute approximate surface area is 193 Å². The molecule has 0 N–H and O–H groups in total. The third-order valence-electron chi connectivity index (χ3n) is 4.10. The van der Waals surface area contributed by atoms with Crippen molar-refractivity contribution in [3.63, 3.8) is 0 Å². The number of ether oxygens (including phenoxy) is 3. The van der Waals surface area contributed by atoms with E-state index in [1.54, 1.807) is 36.4 Å². The molecule has 0 aliphatic heterocycles. The van der Waals surface area contributed by atoms with Crippen LogP contribution in [0.25, 0.3) is 22.9 Å². The molecule has 0 fully saturated rings. The minimum atomic E-state index is -0.506. The van der Waals surface area contributed by atoms with Gasteiger partial charge in [0.15, 0.2) is 11.5 Å². The van der Waals surface area contributed by atoms with E-state index in [4.69, 9.17) is 37.4 Å². The van der Waals surface area contributed by atoms with Crippen molar-refractivity contribution >= 4 is 52.2 Å². The predicted molar refractivity (Wildman–Crippen MR) is 122 cm³/mol. The maximum absolute atomic E-state index is 11.4. The molecule has 0 unspecified atom stereocenters. The van der Waals surface area contributed by atoms with E-state index in [-0.39, 0.29) is 5.75 Å². The molecule has 0 radical (unpaired) electrons. The van der Waals surface area contributed by atoms with Crippen molar-refractivity contribution in [3.8, 4) is 34.6 Å². The zero-order chi connectivity index (χ0) is 22.5. The molecule has 0 saturated heterocycles. The number of aromatic nitrogens is 1. The van der Waals surface area contributed by atoms with Gasteiger partial charge in [-0.05, 0) is 42.0 Å². The fourth-order valence-corrected chi connectivity index (χ4v) is 4.05. The Balaban J connectivity index is 2.02. The topological polar surface area (TPSA) is 81.4 Å². The highest BCUT2D eigenvalue weighted by atomic mass is 35.5. The first-order valence-electron chi connectivity index (χ1n) is 8.83. The molecular formula is C22H16Cl2N2O4S. The van der Waals surface area contributed by atoms with E-state index in [2.05, 4.69) is 11.1 Å². The fourth-order valence-electron chi connectivity index (χ4n) is 2.75. The summed E-state index contributed by atoms with van der Waals surface area (Å²) in [4.78, 5) is 15.9. The van der Waals surface area contributed by atoms with E-state index in [9.17, 15) is 10.1 Å². The highest BCUT2D eigenvalue weighted by Gasteiger charge is 2.17. The van der Waals surface area contributed by atoms with Crippen molar-refractivity contribution < 1.29 is 19.0 Å². The second-order valence-electron chi connectivity index (χ2n) is 6.18. The number of allylic oxidation sites excluding steroid dienone is 1. The Morgan fingerprint density at radius 3 is 2.39 bits per heavy atom. The van der Waals surface area contributed by atoms with Crippen LogP contribution in [0, 0.1) is 11.3 Å². The van der Waals surface area contributed by atoms with Crippen LogP contribution in [-0.2, 0) is 4.79 Å². The molecule has 0 amide bonds. The lowest BCUT2D eigenvalue weighted by atomic mass is 10.1. The number of nitrogens with zero attached hydrogens (tertiary/aromatic N) is 2. The molecule has 0 atom stereocenters. The van der Waals surface area contributed by atoms with Gasteiger partial charge in [0.2, 0.25) is 5.75 Å². The summed E-state index contributed by atoms with van der Waals surface area (Å²) in [5.74, 6) is 0.257. The number of hydrogen-bond donors (Lipinski definition) is 0. The average molecular weight is 475 g/mol. The number of benzene rings is 2. The van der Waals surface area contributed by atoms with Gasteiger partial charge >= 0.3 is 5.97 Å². The number of methoxy groups -OCH3 is 2. The van der Waals surface area contributed by atoms with Crippen LogP contribution in [0.2, 0.25) is 10.0 Å². The largest absolute Gasteiger partial charge is 0.493 e. The smallest absolute Gasteiger partial charge is 0.308 e. The summed E-state index contributed by atoms with van der Waals surface area (Å²) in [5.41, 5.74) is 2.32. The molecule has 3 aromatic rings. The van der Waals surface area contributed by atoms with Gasteiger partial charge in [0.05, 0.1) is 30.5 Å². The number of nitriles is 1. The van der Waals surface area contributed by atoms with Gasteiger partial charge in [0, 0.05) is 22.9 Å². The van der Waals surface area contributed by atoms with Crippen LogP contribution in [0.3, 0.4) is 0 Å². The van der Waals surface area contributed by atoms with Crippen LogP contribution < -0.4 is 14.2 Å². The standard InChI is InChI=1S/C22H16Cl2N2O4S/c1-12(27)30-21-19(28-2)7-13(8-20(21)29-3)6-14(10-25)22-26-18(11-31-22)16-5-4-15(23)9-17(16)24/h4-9,11H,1-3H3. The molecule has 31 heavy (non-hydrogen) atoms. The number of thiazole rings is 1. The van der Waals surface area contributed by atoms with Gasteiger partial charge in [-0.2, -0.15) is 5.26 Å². The minimum absolute atomic E-state index is 0.169. The molecule has 3 rings (SSSR count). The molecular weight excluding hydrogens is 459 g/mol. The van der Waals surface area contributed by atoms with E-state index in [0.29, 0.717) is 43.4 Å². The van der Waals surface area contributed by atoms with Crippen LogP contribution in [0.4, 0.5) is 0 Å². The van der Waals surface area contributed by atoms with Gasteiger partial charge in [-0.1, -0.05) is 23.2 Å². The number of esters is 1.